The van der Waals surface area contributed by atoms with Crippen LogP contribution in [0.2, 0.25) is 0 Å². The van der Waals surface area contributed by atoms with E-state index in [1.165, 1.54) is 0 Å². The molecule has 28 heavy (non-hydrogen) atoms. The van der Waals surface area contributed by atoms with E-state index in [2.05, 4.69) is 0 Å². The average molecular weight is 378 g/mol. The van der Waals surface area contributed by atoms with Crippen LogP contribution in [-0.2, 0) is 9.59 Å². The molecule has 0 bridgehead atoms. The Labute approximate surface area is 165 Å². The van der Waals surface area contributed by atoms with Crippen LogP contribution in [0.5, 0.6) is 0 Å². The van der Waals surface area contributed by atoms with Crippen molar-refractivity contribution >= 4 is 28.4 Å². The number of nitrogens with zero attached hydrogens (tertiary/aromatic N) is 2. The zero-order chi connectivity index (χ0) is 19.5. The number of rotatable bonds is 5. The van der Waals surface area contributed by atoms with Crippen LogP contribution in [0.3, 0.4) is 0 Å². The van der Waals surface area contributed by atoms with Gasteiger partial charge in [0.05, 0.1) is 0 Å². The van der Waals surface area contributed by atoms with Crippen LogP contribution in [-0.4, -0.2) is 53.6 Å². The van der Waals surface area contributed by atoms with E-state index in [0.717, 1.165) is 42.1 Å². The Hall–Kier alpha value is -2.69. The lowest BCUT2D eigenvalue weighted by atomic mass is 9.89. The van der Waals surface area contributed by atoms with Gasteiger partial charge in [0.15, 0.2) is 5.78 Å². The summed E-state index contributed by atoms with van der Waals surface area (Å²) in [6, 6.07) is 13.9. The molecule has 2 fully saturated rings. The fraction of sp³-hybridized carbons (Fsp3) is 0.435. The first kappa shape index (κ1) is 18.7. The first-order valence-electron chi connectivity index (χ1n) is 10.2. The zero-order valence-electron chi connectivity index (χ0n) is 16.1. The van der Waals surface area contributed by atoms with Crippen LogP contribution in [0.4, 0.5) is 0 Å². The standard InChI is InChI=1S/C23H26N2O3/c26-21-8-4-12-24(21)14-11-22(27)25-13-3-7-20(16-25)23(28)19-10-9-17-5-1-2-6-18(17)15-19/h1-2,5-6,9-10,15,20H,3-4,7-8,11-14,16H2/t20-/m0/s1. The molecule has 2 heterocycles. The molecule has 2 aromatic carbocycles. The Morgan fingerprint density at radius 3 is 2.61 bits per heavy atom. The Morgan fingerprint density at radius 1 is 1.00 bits per heavy atom. The van der Waals surface area contributed by atoms with Crippen molar-refractivity contribution < 1.29 is 14.4 Å². The maximum Gasteiger partial charge on any atom is 0.224 e. The topological polar surface area (TPSA) is 57.7 Å². The lowest BCUT2D eigenvalue weighted by Gasteiger charge is -2.32. The molecule has 5 heteroatoms. The van der Waals surface area contributed by atoms with Gasteiger partial charge in [-0.1, -0.05) is 36.4 Å². The van der Waals surface area contributed by atoms with Crippen LogP contribution in [0.15, 0.2) is 42.5 Å². The van der Waals surface area contributed by atoms with Crippen molar-refractivity contribution in [2.24, 2.45) is 5.92 Å². The molecule has 5 nitrogen and oxygen atoms in total. The molecule has 0 spiro atoms. The molecule has 0 N–H and O–H groups in total. The Balaban J connectivity index is 1.38. The highest BCUT2D eigenvalue weighted by atomic mass is 16.2. The number of benzene rings is 2. The number of carbonyl (C=O) groups is 3. The minimum Gasteiger partial charge on any atom is -0.342 e. The van der Waals surface area contributed by atoms with E-state index in [-0.39, 0.29) is 23.5 Å². The highest BCUT2D eigenvalue weighted by Crippen LogP contribution is 2.24. The first-order valence-corrected chi connectivity index (χ1v) is 10.2. The molecule has 2 saturated heterocycles. The highest BCUT2D eigenvalue weighted by Gasteiger charge is 2.29. The minimum absolute atomic E-state index is 0.0516. The molecular formula is C23H26N2O3. The van der Waals surface area contributed by atoms with Crippen molar-refractivity contribution in [3.8, 4) is 0 Å². The summed E-state index contributed by atoms with van der Waals surface area (Å²) >= 11 is 0. The summed E-state index contributed by atoms with van der Waals surface area (Å²) in [5, 5.41) is 2.18. The summed E-state index contributed by atoms with van der Waals surface area (Å²) in [6.45, 7) is 2.44. The molecule has 146 valence electrons. The third-order valence-electron chi connectivity index (χ3n) is 5.95. The van der Waals surface area contributed by atoms with Crippen LogP contribution < -0.4 is 0 Å². The number of likely N-dealkylation sites (tertiary alicyclic amines) is 2. The van der Waals surface area contributed by atoms with E-state index >= 15 is 0 Å². The van der Waals surface area contributed by atoms with Gasteiger partial charge in [-0.25, -0.2) is 0 Å². The predicted molar refractivity (Wildman–Crippen MR) is 108 cm³/mol. The van der Waals surface area contributed by atoms with Gasteiger partial charge in [0, 0.05) is 50.5 Å². The van der Waals surface area contributed by atoms with Crippen molar-refractivity contribution in [1.29, 1.82) is 0 Å². The third-order valence-corrected chi connectivity index (χ3v) is 5.95. The molecule has 2 aliphatic heterocycles. The lowest BCUT2D eigenvalue weighted by molar-refractivity contribution is -0.134. The molecule has 0 radical (unpaired) electrons. The molecule has 1 atom stereocenters. The number of amides is 2. The lowest BCUT2D eigenvalue weighted by Crippen LogP contribution is -2.43. The van der Waals surface area contributed by atoms with Gasteiger partial charge in [-0.05, 0) is 36.1 Å². The number of ketones is 1. The summed E-state index contributed by atoms with van der Waals surface area (Å²) in [4.78, 5) is 40.9. The number of fused-ring (bicyclic) bond motifs is 1. The van der Waals surface area contributed by atoms with Gasteiger partial charge in [-0.15, -0.1) is 0 Å². The second-order valence-corrected chi connectivity index (χ2v) is 7.84. The van der Waals surface area contributed by atoms with Crippen molar-refractivity contribution in [1.82, 2.24) is 9.80 Å². The van der Waals surface area contributed by atoms with Crippen LogP contribution in [0.25, 0.3) is 10.8 Å². The average Bonchev–Trinajstić information content (AvgIpc) is 3.16. The van der Waals surface area contributed by atoms with Gasteiger partial charge in [-0.2, -0.15) is 0 Å². The largest absolute Gasteiger partial charge is 0.342 e. The summed E-state index contributed by atoms with van der Waals surface area (Å²) in [6.07, 6.45) is 3.50. The monoisotopic (exact) mass is 378 g/mol. The molecular weight excluding hydrogens is 352 g/mol. The molecule has 0 aliphatic carbocycles. The van der Waals surface area contributed by atoms with Crippen molar-refractivity contribution in [2.75, 3.05) is 26.2 Å². The normalized spacial score (nSPS) is 20.0. The van der Waals surface area contributed by atoms with E-state index in [1.807, 2.05) is 47.4 Å². The summed E-state index contributed by atoms with van der Waals surface area (Å²) in [7, 11) is 0. The number of carbonyl (C=O) groups excluding carboxylic acids is 3. The second-order valence-electron chi connectivity index (χ2n) is 7.84. The Morgan fingerprint density at radius 2 is 1.82 bits per heavy atom. The number of hydrogen-bond acceptors (Lipinski definition) is 3. The van der Waals surface area contributed by atoms with Crippen molar-refractivity contribution in [3.63, 3.8) is 0 Å². The van der Waals surface area contributed by atoms with E-state index in [4.69, 9.17) is 0 Å². The third kappa shape index (κ3) is 3.93. The van der Waals surface area contributed by atoms with Crippen molar-refractivity contribution in [3.05, 3.63) is 48.0 Å². The molecule has 4 rings (SSSR count). The van der Waals surface area contributed by atoms with Gasteiger partial charge >= 0.3 is 0 Å². The van der Waals surface area contributed by atoms with E-state index in [9.17, 15) is 14.4 Å². The van der Waals surface area contributed by atoms with Crippen LogP contribution in [0, 0.1) is 5.92 Å². The van der Waals surface area contributed by atoms with E-state index < -0.39 is 0 Å². The minimum atomic E-state index is -0.146. The van der Waals surface area contributed by atoms with E-state index in [1.54, 1.807) is 4.90 Å². The van der Waals surface area contributed by atoms with E-state index in [0.29, 0.717) is 32.5 Å². The maximum atomic E-state index is 13.0. The smallest absolute Gasteiger partial charge is 0.224 e. The second kappa shape index (κ2) is 8.13. The fourth-order valence-corrected chi connectivity index (χ4v) is 4.33. The zero-order valence-corrected chi connectivity index (χ0v) is 16.1. The molecule has 2 aliphatic rings. The summed E-state index contributed by atoms with van der Waals surface area (Å²) in [5.74, 6) is 0.178. The Bertz CT molecular complexity index is 908. The summed E-state index contributed by atoms with van der Waals surface area (Å²) < 4.78 is 0. The SMILES string of the molecule is O=C(c1ccc2ccccc2c1)[C@H]1CCCN(C(=O)CCN2CCCC2=O)C1. The van der Waals surface area contributed by atoms with Crippen molar-refractivity contribution in [2.45, 2.75) is 32.1 Å². The molecule has 0 aromatic heterocycles. The van der Waals surface area contributed by atoms with Crippen LogP contribution >= 0.6 is 0 Å². The summed E-state index contributed by atoms with van der Waals surface area (Å²) in [5.41, 5.74) is 0.723. The predicted octanol–water partition coefficient (Wildman–Crippen LogP) is 3.27. The number of hydrogen-bond donors (Lipinski definition) is 0. The molecule has 0 saturated carbocycles. The van der Waals surface area contributed by atoms with Gasteiger partial charge in [-0.3, -0.25) is 14.4 Å². The highest BCUT2D eigenvalue weighted by molar-refractivity contribution is 6.01. The molecule has 2 amide bonds. The van der Waals surface area contributed by atoms with Crippen LogP contribution in [0.1, 0.15) is 42.5 Å². The molecule has 0 unspecified atom stereocenters. The number of piperidine rings is 1. The van der Waals surface area contributed by atoms with Gasteiger partial charge in [0.2, 0.25) is 11.8 Å². The number of Topliss-reactive ketones (excluding diaryl/α,β-unsaturated/α-hetero) is 1. The Kier molecular flexibility index (Phi) is 5.42. The van der Waals surface area contributed by atoms with Gasteiger partial charge in [0.25, 0.3) is 0 Å². The molecule has 2 aromatic rings. The maximum absolute atomic E-state index is 13.0. The van der Waals surface area contributed by atoms with Gasteiger partial charge < -0.3 is 9.80 Å². The first-order chi connectivity index (χ1) is 13.6. The quantitative estimate of drug-likeness (QED) is 0.751. The van der Waals surface area contributed by atoms with Gasteiger partial charge in [0.1, 0.15) is 0 Å². The fourth-order valence-electron chi connectivity index (χ4n) is 4.33.